The second kappa shape index (κ2) is 8.25. The number of fused-ring (bicyclic) bond motifs is 2. The van der Waals surface area contributed by atoms with Crippen LogP contribution in [0.1, 0.15) is 41.7 Å². The zero-order chi connectivity index (χ0) is 22.1. The summed E-state index contributed by atoms with van der Waals surface area (Å²) in [7, 11) is 0. The van der Waals surface area contributed by atoms with Crippen molar-refractivity contribution in [3.8, 4) is 5.75 Å². The molecule has 1 saturated heterocycles. The Balaban J connectivity index is 1.41. The lowest BCUT2D eigenvalue weighted by molar-refractivity contribution is -0.119. The van der Waals surface area contributed by atoms with Crippen molar-refractivity contribution < 1.29 is 19.5 Å². The number of pyridine rings is 1. The smallest absolute Gasteiger partial charge is 0.256 e. The fourth-order valence-electron chi connectivity index (χ4n) is 4.18. The molecular formula is C22H24N4O5. The van der Waals surface area contributed by atoms with Gasteiger partial charge in [-0.05, 0) is 50.5 Å². The van der Waals surface area contributed by atoms with Crippen LogP contribution in [-0.2, 0) is 16.1 Å². The molecule has 31 heavy (non-hydrogen) atoms. The Kier molecular flexibility index (Phi) is 5.50. The maximum absolute atomic E-state index is 12.9. The van der Waals surface area contributed by atoms with Gasteiger partial charge in [-0.15, -0.1) is 0 Å². The van der Waals surface area contributed by atoms with Crippen molar-refractivity contribution in [3.63, 3.8) is 0 Å². The molecule has 3 amide bonds. The number of benzene rings is 1. The Hall–Kier alpha value is -3.62. The average Bonchev–Trinajstić information content (AvgIpc) is 3.17. The molecule has 2 aliphatic rings. The minimum Gasteiger partial charge on any atom is -0.508 e. The summed E-state index contributed by atoms with van der Waals surface area (Å²) in [6.07, 6.45) is 2.06. The third-order valence-corrected chi connectivity index (χ3v) is 5.71. The normalized spacial score (nSPS) is 17.6. The first-order valence-electron chi connectivity index (χ1n) is 10.3. The van der Waals surface area contributed by atoms with E-state index in [9.17, 15) is 24.3 Å². The number of aryl methyl sites for hydroxylation is 1. The summed E-state index contributed by atoms with van der Waals surface area (Å²) in [5.41, 5.74) is 1.59. The second-order valence-corrected chi connectivity index (χ2v) is 7.90. The van der Waals surface area contributed by atoms with Crippen LogP contribution in [-0.4, -0.2) is 44.9 Å². The Labute approximate surface area is 178 Å². The van der Waals surface area contributed by atoms with Crippen molar-refractivity contribution in [2.75, 3.05) is 17.2 Å². The molecule has 4 rings (SSSR count). The van der Waals surface area contributed by atoms with E-state index in [-0.39, 0.29) is 35.5 Å². The quantitative estimate of drug-likeness (QED) is 0.676. The Morgan fingerprint density at radius 3 is 2.81 bits per heavy atom. The van der Waals surface area contributed by atoms with Crippen LogP contribution < -0.4 is 16.2 Å². The summed E-state index contributed by atoms with van der Waals surface area (Å²) in [6, 6.07) is 7.06. The molecule has 3 heterocycles. The van der Waals surface area contributed by atoms with E-state index >= 15 is 0 Å². The van der Waals surface area contributed by atoms with Gasteiger partial charge in [-0.3, -0.25) is 19.2 Å². The van der Waals surface area contributed by atoms with Crippen LogP contribution >= 0.6 is 0 Å². The van der Waals surface area contributed by atoms with E-state index in [0.717, 1.165) is 12.5 Å². The van der Waals surface area contributed by atoms with Crippen molar-refractivity contribution in [2.24, 2.45) is 0 Å². The fourth-order valence-corrected chi connectivity index (χ4v) is 4.18. The van der Waals surface area contributed by atoms with Gasteiger partial charge < -0.3 is 25.2 Å². The van der Waals surface area contributed by atoms with E-state index in [1.807, 2.05) is 0 Å². The lowest BCUT2D eigenvalue weighted by Gasteiger charge is -2.20. The first kappa shape index (κ1) is 20.6. The topological polar surface area (TPSA) is 121 Å². The number of hydrogen-bond acceptors (Lipinski definition) is 5. The molecule has 9 nitrogen and oxygen atoms in total. The highest BCUT2D eigenvalue weighted by Crippen LogP contribution is 2.30. The van der Waals surface area contributed by atoms with Crippen molar-refractivity contribution in [2.45, 2.75) is 45.2 Å². The van der Waals surface area contributed by atoms with Gasteiger partial charge in [-0.25, -0.2) is 0 Å². The van der Waals surface area contributed by atoms with Gasteiger partial charge in [0.1, 0.15) is 11.8 Å². The Morgan fingerprint density at radius 1 is 1.23 bits per heavy atom. The van der Waals surface area contributed by atoms with E-state index in [1.165, 1.54) is 10.6 Å². The number of carbonyl (C=O) groups excluding carboxylic acids is 3. The number of anilines is 2. The summed E-state index contributed by atoms with van der Waals surface area (Å²) in [6.45, 7) is 2.62. The third kappa shape index (κ3) is 4.16. The molecule has 1 aromatic heterocycles. The minimum atomic E-state index is -0.440. The molecule has 9 heteroatoms. The van der Waals surface area contributed by atoms with Gasteiger partial charge in [-0.2, -0.15) is 0 Å². The zero-order valence-electron chi connectivity index (χ0n) is 17.2. The number of nitrogens with zero attached hydrogens (tertiary/aromatic N) is 2. The maximum atomic E-state index is 12.9. The summed E-state index contributed by atoms with van der Waals surface area (Å²) >= 11 is 0. The predicted octanol–water partition coefficient (Wildman–Crippen LogP) is 1.84. The van der Waals surface area contributed by atoms with Crippen LogP contribution in [0.5, 0.6) is 5.75 Å². The fraction of sp³-hybridized carbons (Fsp3) is 0.364. The monoisotopic (exact) mass is 424 g/mol. The largest absolute Gasteiger partial charge is 0.508 e. The molecule has 1 unspecified atom stereocenters. The number of aromatic nitrogens is 1. The first-order valence-corrected chi connectivity index (χ1v) is 10.3. The molecule has 3 N–H and O–H groups in total. The van der Waals surface area contributed by atoms with E-state index < -0.39 is 6.04 Å². The van der Waals surface area contributed by atoms with E-state index in [1.54, 1.807) is 30.0 Å². The first-order chi connectivity index (χ1) is 14.8. The number of aromatic hydroxyl groups is 1. The highest BCUT2D eigenvalue weighted by molar-refractivity contribution is 6.11. The van der Waals surface area contributed by atoms with Gasteiger partial charge in [0, 0.05) is 37.0 Å². The number of rotatable bonds is 5. The van der Waals surface area contributed by atoms with Gasteiger partial charge >= 0.3 is 0 Å². The van der Waals surface area contributed by atoms with Crippen LogP contribution in [0.15, 0.2) is 35.1 Å². The van der Waals surface area contributed by atoms with E-state index in [2.05, 4.69) is 10.6 Å². The van der Waals surface area contributed by atoms with Gasteiger partial charge in [0.05, 0.1) is 11.3 Å². The second-order valence-electron chi connectivity index (χ2n) is 7.90. The Morgan fingerprint density at radius 2 is 2.03 bits per heavy atom. The lowest BCUT2D eigenvalue weighted by atomic mass is 10.1. The molecule has 1 fully saturated rings. The number of nitrogens with one attached hydrogen (secondary N) is 2. The maximum Gasteiger partial charge on any atom is 0.256 e. The predicted molar refractivity (Wildman–Crippen MR) is 114 cm³/mol. The number of amides is 3. The van der Waals surface area contributed by atoms with Crippen LogP contribution in [0.4, 0.5) is 11.4 Å². The summed E-state index contributed by atoms with van der Waals surface area (Å²) in [4.78, 5) is 51.2. The SMILES string of the molecule is Cc1cc(O)cc(=O)n1CCCC(=O)Nc1ccc2c(c1)C(=O)N1CCCC1C(=O)N2. The molecule has 0 spiro atoms. The van der Waals surface area contributed by atoms with Crippen molar-refractivity contribution >= 4 is 29.1 Å². The van der Waals surface area contributed by atoms with Crippen molar-refractivity contribution in [1.29, 1.82) is 0 Å². The summed E-state index contributed by atoms with van der Waals surface area (Å²) < 4.78 is 1.50. The molecule has 0 saturated carbocycles. The molecule has 2 aliphatic heterocycles. The van der Waals surface area contributed by atoms with Gasteiger partial charge in [-0.1, -0.05) is 0 Å². The van der Waals surface area contributed by atoms with Crippen molar-refractivity contribution in [1.82, 2.24) is 9.47 Å². The molecule has 1 atom stereocenters. The van der Waals surface area contributed by atoms with Gasteiger partial charge in [0.25, 0.3) is 11.5 Å². The van der Waals surface area contributed by atoms with E-state index in [0.29, 0.717) is 48.6 Å². The summed E-state index contributed by atoms with van der Waals surface area (Å²) in [5.74, 6) is -0.713. The molecule has 2 aromatic rings. The van der Waals surface area contributed by atoms with Crippen LogP contribution in [0, 0.1) is 6.92 Å². The van der Waals surface area contributed by atoms with Crippen molar-refractivity contribution in [3.05, 3.63) is 51.9 Å². The summed E-state index contributed by atoms with van der Waals surface area (Å²) in [5, 5.41) is 15.0. The Bertz CT molecular complexity index is 1120. The molecule has 1 aromatic carbocycles. The van der Waals surface area contributed by atoms with Crippen LogP contribution in [0.3, 0.4) is 0 Å². The zero-order valence-corrected chi connectivity index (χ0v) is 17.2. The molecule has 0 radical (unpaired) electrons. The molecule has 0 aliphatic carbocycles. The minimum absolute atomic E-state index is 0.0781. The van der Waals surface area contributed by atoms with Crippen LogP contribution in [0.25, 0.3) is 0 Å². The standard InChI is InChI=1S/C22H24N4O5/c1-13-10-15(27)12-20(29)25(13)8-3-5-19(28)23-14-6-7-17-16(11-14)22(31)26-9-2-4-18(26)21(30)24-17/h6-7,10-12,18,27H,2-5,8-9H2,1H3,(H,23,28)(H,24,30). The van der Waals surface area contributed by atoms with Gasteiger partial charge in [0.15, 0.2) is 0 Å². The van der Waals surface area contributed by atoms with Gasteiger partial charge in [0.2, 0.25) is 11.8 Å². The number of carbonyl (C=O) groups is 3. The molecular weight excluding hydrogens is 400 g/mol. The molecule has 162 valence electrons. The third-order valence-electron chi connectivity index (χ3n) is 5.71. The number of hydrogen-bond donors (Lipinski definition) is 3. The highest BCUT2D eigenvalue weighted by Gasteiger charge is 2.38. The lowest BCUT2D eigenvalue weighted by Crippen LogP contribution is -2.40. The molecule has 0 bridgehead atoms. The van der Waals surface area contributed by atoms with Crippen LogP contribution in [0.2, 0.25) is 0 Å². The average molecular weight is 424 g/mol. The highest BCUT2D eigenvalue weighted by atomic mass is 16.3. The van der Waals surface area contributed by atoms with E-state index in [4.69, 9.17) is 0 Å².